The maximum Gasteiger partial charge on any atom is 0.252 e. The number of fused-ring (bicyclic) bond motifs is 1. The Hall–Kier alpha value is -3.56. The Balaban J connectivity index is 1.42. The monoisotopic (exact) mass is 460 g/mol. The largest absolute Gasteiger partial charge is 0.340 e. The SMILES string of the molecule is O=c1cc(-c2cc(Cl)ccc2-n2cnnn2)cc2n1[C@H](c1ncc(-c3cc[c]s3)[nH]1)CC2. The molecule has 0 saturated carbocycles. The normalized spacial score (nSPS) is 15.2. The van der Waals surface area contributed by atoms with Crippen molar-refractivity contribution < 1.29 is 0 Å². The number of rotatable bonds is 4. The Kier molecular flexibility index (Phi) is 4.51. The number of tetrazole rings is 1. The van der Waals surface area contributed by atoms with Gasteiger partial charge in [0.05, 0.1) is 28.5 Å². The Bertz CT molecular complexity index is 1470. The van der Waals surface area contributed by atoms with Gasteiger partial charge in [-0.1, -0.05) is 11.6 Å². The molecule has 0 bridgehead atoms. The summed E-state index contributed by atoms with van der Waals surface area (Å²) in [7, 11) is 0. The Morgan fingerprint density at radius 1 is 1.22 bits per heavy atom. The molecule has 10 heteroatoms. The molecule has 1 atom stereocenters. The highest BCUT2D eigenvalue weighted by Gasteiger charge is 2.28. The van der Waals surface area contributed by atoms with E-state index in [1.165, 1.54) is 17.7 Å². The van der Waals surface area contributed by atoms with Crippen LogP contribution in [0, 0.1) is 5.38 Å². The molecule has 5 heterocycles. The number of aromatic nitrogens is 7. The molecule has 1 aliphatic rings. The molecule has 1 N–H and O–H groups in total. The standard InChI is InChI=1S/C22H15ClN7OS/c23-14-3-5-18(29-12-25-27-28-29)16(10-14)13-8-15-4-6-19(30(15)21(31)9-13)22-24-11-17(26-22)20-2-1-7-32-20/h1-3,5,8-12,19H,4,6H2,(H,24,26)/t19-/m0/s1. The van der Waals surface area contributed by atoms with Crippen LogP contribution in [0.25, 0.3) is 27.4 Å². The smallest absolute Gasteiger partial charge is 0.252 e. The highest BCUT2D eigenvalue weighted by atomic mass is 35.5. The number of hydrogen-bond donors (Lipinski definition) is 1. The number of benzene rings is 1. The second kappa shape index (κ2) is 7.54. The van der Waals surface area contributed by atoms with Gasteiger partial charge in [0, 0.05) is 27.7 Å². The lowest BCUT2D eigenvalue weighted by Crippen LogP contribution is -2.23. The minimum absolute atomic E-state index is 0.0787. The number of thiophene rings is 1. The number of aryl methyl sites for hydroxylation is 1. The summed E-state index contributed by atoms with van der Waals surface area (Å²) in [6, 6.07) is 12.9. The summed E-state index contributed by atoms with van der Waals surface area (Å²) in [6.07, 6.45) is 4.91. The molecule has 1 aromatic carbocycles. The third-order valence-corrected chi connectivity index (χ3v) is 6.71. The fourth-order valence-corrected chi connectivity index (χ4v) is 5.02. The van der Waals surface area contributed by atoms with E-state index < -0.39 is 0 Å². The van der Waals surface area contributed by atoms with Crippen LogP contribution in [-0.4, -0.2) is 34.7 Å². The zero-order valence-corrected chi connectivity index (χ0v) is 18.1. The first kappa shape index (κ1) is 19.1. The lowest BCUT2D eigenvalue weighted by atomic mass is 10.0. The van der Waals surface area contributed by atoms with Crippen LogP contribution in [0.4, 0.5) is 0 Å². The van der Waals surface area contributed by atoms with Crippen LogP contribution in [0.5, 0.6) is 0 Å². The van der Waals surface area contributed by atoms with Crippen molar-refractivity contribution in [3.05, 3.63) is 87.3 Å². The molecule has 0 aliphatic carbocycles. The van der Waals surface area contributed by atoms with Crippen LogP contribution in [0.3, 0.4) is 0 Å². The first-order chi connectivity index (χ1) is 15.7. The highest BCUT2D eigenvalue weighted by molar-refractivity contribution is 7.13. The second-order valence-electron chi connectivity index (χ2n) is 7.51. The summed E-state index contributed by atoms with van der Waals surface area (Å²) >= 11 is 7.80. The summed E-state index contributed by atoms with van der Waals surface area (Å²) in [5, 5.41) is 15.1. The van der Waals surface area contributed by atoms with Gasteiger partial charge in [0.2, 0.25) is 0 Å². The Labute approximate surface area is 191 Å². The molecule has 6 rings (SSSR count). The van der Waals surface area contributed by atoms with E-state index in [4.69, 9.17) is 11.6 Å². The summed E-state index contributed by atoms with van der Waals surface area (Å²) in [5.41, 5.74) is 4.15. The molecule has 0 spiro atoms. The van der Waals surface area contributed by atoms with E-state index in [0.717, 1.165) is 51.7 Å². The van der Waals surface area contributed by atoms with Crippen molar-refractivity contribution in [1.29, 1.82) is 0 Å². The van der Waals surface area contributed by atoms with Crippen molar-refractivity contribution in [2.24, 2.45) is 0 Å². The molecule has 8 nitrogen and oxygen atoms in total. The summed E-state index contributed by atoms with van der Waals surface area (Å²) < 4.78 is 3.39. The average Bonchev–Trinajstić information content (AvgIpc) is 3.60. The predicted molar refractivity (Wildman–Crippen MR) is 121 cm³/mol. The zero-order valence-electron chi connectivity index (χ0n) is 16.6. The Morgan fingerprint density at radius 3 is 2.97 bits per heavy atom. The van der Waals surface area contributed by atoms with Gasteiger partial charge in [0.25, 0.3) is 5.56 Å². The molecule has 4 aromatic heterocycles. The molecule has 32 heavy (non-hydrogen) atoms. The maximum absolute atomic E-state index is 13.2. The van der Waals surface area contributed by atoms with Gasteiger partial charge >= 0.3 is 0 Å². The fourth-order valence-electron chi connectivity index (χ4n) is 4.24. The van der Waals surface area contributed by atoms with Crippen molar-refractivity contribution in [2.45, 2.75) is 18.9 Å². The van der Waals surface area contributed by atoms with Crippen molar-refractivity contribution >= 4 is 22.9 Å². The van der Waals surface area contributed by atoms with Gasteiger partial charge < -0.3 is 9.55 Å². The third kappa shape index (κ3) is 3.17. The molecule has 5 aromatic rings. The summed E-state index contributed by atoms with van der Waals surface area (Å²) in [6.45, 7) is 0. The number of imidazole rings is 1. The number of aromatic amines is 1. The van der Waals surface area contributed by atoms with E-state index in [0.29, 0.717) is 5.02 Å². The van der Waals surface area contributed by atoms with Crippen LogP contribution in [0.2, 0.25) is 5.02 Å². The van der Waals surface area contributed by atoms with Crippen molar-refractivity contribution in [3.63, 3.8) is 0 Å². The lowest BCUT2D eigenvalue weighted by Gasteiger charge is -2.15. The topological polar surface area (TPSA) is 94.3 Å². The first-order valence-corrected chi connectivity index (χ1v) is 11.2. The van der Waals surface area contributed by atoms with E-state index in [2.05, 4.69) is 30.9 Å². The third-order valence-electron chi connectivity index (χ3n) is 5.65. The second-order valence-corrected chi connectivity index (χ2v) is 8.83. The van der Waals surface area contributed by atoms with Gasteiger partial charge in [0.1, 0.15) is 12.2 Å². The van der Waals surface area contributed by atoms with E-state index in [-0.39, 0.29) is 11.6 Å². The average molecular weight is 461 g/mol. The van der Waals surface area contributed by atoms with Gasteiger partial charge in [0.15, 0.2) is 0 Å². The van der Waals surface area contributed by atoms with Crippen molar-refractivity contribution in [1.82, 2.24) is 34.7 Å². The Morgan fingerprint density at radius 2 is 2.16 bits per heavy atom. The minimum Gasteiger partial charge on any atom is -0.340 e. The van der Waals surface area contributed by atoms with Gasteiger partial charge in [-0.05, 0) is 65.2 Å². The van der Waals surface area contributed by atoms with Crippen molar-refractivity contribution in [3.8, 4) is 27.4 Å². The first-order valence-electron chi connectivity index (χ1n) is 9.97. The maximum atomic E-state index is 13.2. The quantitative estimate of drug-likeness (QED) is 0.438. The lowest BCUT2D eigenvalue weighted by molar-refractivity contribution is 0.572. The number of hydrogen-bond acceptors (Lipinski definition) is 6. The summed E-state index contributed by atoms with van der Waals surface area (Å²) in [4.78, 5) is 22.3. The molecule has 0 fully saturated rings. The van der Waals surface area contributed by atoms with Crippen molar-refractivity contribution in [2.75, 3.05) is 0 Å². The number of pyridine rings is 1. The molecule has 0 saturated heterocycles. The van der Waals surface area contributed by atoms with E-state index in [1.54, 1.807) is 16.8 Å². The number of halogens is 1. The molecule has 157 valence electrons. The van der Waals surface area contributed by atoms with Crippen LogP contribution in [0.1, 0.15) is 24.0 Å². The van der Waals surface area contributed by atoms with Gasteiger partial charge in [-0.15, -0.1) is 16.4 Å². The number of H-pyrrole nitrogens is 1. The molecular formula is C22H15ClN7OS. The molecular weight excluding hydrogens is 446 g/mol. The molecule has 1 aliphatic heterocycles. The van der Waals surface area contributed by atoms with Gasteiger partial charge in [-0.3, -0.25) is 4.79 Å². The van der Waals surface area contributed by atoms with Gasteiger partial charge in [-0.2, -0.15) is 4.68 Å². The van der Waals surface area contributed by atoms with Crippen LogP contribution in [-0.2, 0) is 6.42 Å². The van der Waals surface area contributed by atoms with Crippen LogP contribution < -0.4 is 5.56 Å². The predicted octanol–water partition coefficient (Wildman–Crippen LogP) is 3.93. The molecule has 1 radical (unpaired) electrons. The van der Waals surface area contributed by atoms with E-state index in [1.807, 2.05) is 41.1 Å². The highest BCUT2D eigenvalue weighted by Crippen LogP contribution is 2.34. The van der Waals surface area contributed by atoms with E-state index >= 15 is 0 Å². The van der Waals surface area contributed by atoms with E-state index in [9.17, 15) is 4.79 Å². The molecule has 0 unspecified atom stereocenters. The number of nitrogens with zero attached hydrogens (tertiary/aromatic N) is 6. The summed E-state index contributed by atoms with van der Waals surface area (Å²) in [5.74, 6) is 0.791. The number of nitrogens with one attached hydrogen (secondary N) is 1. The van der Waals surface area contributed by atoms with Gasteiger partial charge in [-0.25, -0.2) is 4.98 Å². The molecule has 0 amide bonds. The fraction of sp³-hybridized carbons (Fsp3) is 0.136. The van der Waals surface area contributed by atoms with Crippen LogP contribution >= 0.6 is 22.9 Å². The zero-order chi connectivity index (χ0) is 21.7. The minimum atomic E-state index is -0.123. The van der Waals surface area contributed by atoms with Crippen LogP contribution in [0.15, 0.2) is 59.8 Å².